The molecule has 0 spiro atoms. The molecule has 5 nitrogen and oxygen atoms in total. The molecule has 0 fully saturated rings. The van der Waals surface area contributed by atoms with Gasteiger partial charge in [0.05, 0.1) is 28.5 Å². The molecule has 0 amide bonds. The van der Waals surface area contributed by atoms with E-state index in [1.54, 1.807) is 19.9 Å². The first-order chi connectivity index (χ1) is 16.4. The second kappa shape index (κ2) is 10.1. The van der Waals surface area contributed by atoms with Crippen LogP contribution in [0.15, 0.2) is 48.0 Å². The molecule has 0 unspecified atom stereocenters. The van der Waals surface area contributed by atoms with Gasteiger partial charge in [-0.15, -0.1) is 0 Å². The van der Waals surface area contributed by atoms with Crippen LogP contribution >= 0.6 is 0 Å². The molecule has 35 heavy (non-hydrogen) atoms. The number of allylic oxidation sites excluding steroid dienone is 1. The van der Waals surface area contributed by atoms with Crippen LogP contribution in [0.25, 0.3) is 10.9 Å². The number of anilines is 2. The number of aliphatic imine (C=N–C) groups is 1. The number of fused-ring (bicyclic) bond motifs is 1. The first-order valence-corrected chi connectivity index (χ1v) is 11.5. The summed E-state index contributed by atoms with van der Waals surface area (Å²) < 4.78 is 44.6. The molecule has 3 rings (SSSR count). The van der Waals surface area contributed by atoms with Crippen LogP contribution in [0.3, 0.4) is 0 Å². The van der Waals surface area contributed by atoms with Crippen molar-refractivity contribution in [3.63, 3.8) is 0 Å². The van der Waals surface area contributed by atoms with Crippen LogP contribution in [-0.4, -0.2) is 29.8 Å². The summed E-state index contributed by atoms with van der Waals surface area (Å²) in [6, 6.07) is 7.28. The Morgan fingerprint density at radius 3 is 2.46 bits per heavy atom. The molecule has 186 valence electrons. The van der Waals surface area contributed by atoms with Crippen LogP contribution in [0.5, 0.6) is 0 Å². The lowest BCUT2D eigenvalue weighted by Crippen LogP contribution is -2.24. The molecule has 8 heteroatoms. The van der Waals surface area contributed by atoms with Crippen LogP contribution in [0.1, 0.15) is 50.7 Å². The van der Waals surface area contributed by atoms with Crippen LogP contribution in [0.2, 0.25) is 0 Å². The second-order valence-corrected chi connectivity index (χ2v) is 9.18. The zero-order chi connectivity index (χ0) is 26.1. The summed E-state index contributed by atoms with van der Waals surface area (Å²) in [7, 11) is 3.81. The normalized spacial score (nSPS) is 13.3. The lowest BCUT2D eigenvalue weighted by Gasteiger charge is -2.24. The summed E-state index contributed by atoms with van der Waals surface area (Å²) in [6.07, 6.45) is 1.68. The smallest absolute Gasteiger partial charge is 0.278 e. The first-order valence-electron chi connectivity index (χ1n) is 11.5. The van der Waals surface area contributed by atoms with Gasteiger partial charge in [0, 0.05) is 36.7 Å². The van der Waals surface area contributed by atoms with Gasteiger partial charge in [0.1, 0.15) is 17.5 Å². The van der Waals surface area contributed by atoms with Gasteiger partial charge in [0.25, 0.3) is 5.92 Å². The highest BCUT2D eigenvalue weighted by Crippen LogP contribution is 2.40. The maximum absolute atomic E-state index is 15.3. The second-order valence-electron chi connectivity index (χ2n) is 9.18. The van der Waals surface area contributed by atoms with E-state index in [4.69, 9.17) is 0 Å². The molecule has 1 atom stereocenters. The highest BCUT2D eigenvalue weighted by atomic mass is 19.3. The number of halogens is 3. The fraction of sp³-hybridized carbons (Fsp3) is 0.370. The number of hydrogen-bond donors (Lipinski definition) is 1. The zero-order valence-electron chi connectivity index (χ0n) is 21.2. The molecule has 1 N–H and O–H groups in total. The largest absolute Gasteiger partial charge is 0.376 e. The topological polar surface area (TPSA) is 53.4 Å². The summed E-state index contributed by atoms with van der Waals surface area (Å²) in [6.45, 7) is 11.9. The molecule has 0 saturated heterocycles. The Hall–Kier alpha value is -3.42. The van der Waals surface area contributed by atoms with E-state index in [2.05, 4.69) is 26.9 Å². The van der Waals surface area contributed by atoms with Crippen molar-refractivity contribution in [3.8, 4) is 0 Å². The van der Waals surface area contributed by atoms with Gasteiger partial charge in [0.15, 0.2) is 0 Å². The van der Waals surface area contributed by atoms with Crippen LogP contribution < -0.4 is 10.2 Å². The van der Waals surface area contributed by atoms with E-state index in [0.29, 0.717) is 22.5 Å². The van der Waals surface area contributed by atoms with Gasteiger partial charge in [-0.05, 0) is 39.0 Å². The lowest BCUT2D eigenvalue weighted by atomic mass is 9.94. The molecular weight excluding hydrogens is 451 g/mol. The summed E-state index contributed by atoms with van der Waals surface area (Å²) in [5.41, 5.74) is 2.53. The van der Waals surface area contributed by atoms with E-state index >= 15 is 4.39 Å². The Labute approximate surface area is 204 Å². The molecule has 0 aliphatic carbocycles. The number of benzene rings is 2. The number of rotatable bonds is 8. The first kappa shape index (κ1) is 26.2. The average molecular weight is 484 g/mol. The minimum Gasteiger partial charge on any atom is -0.376 e. The lowest BCUT2D eigenvalue weighted by molar-refractivity contribution is -0.0545. The highest BCUT2D eigenvalue weighted by molar-refractivity contribution is 5.99. The van der Waals surface area contributed by atoms with Crippen molar-refractivity contribution in [2.45, 2.75) is 46.6 Å². The molecule has 0 saturated carbocycles. The molecule has 1 aromatic heterocycles. The quantitative estimate of drug-likeness (QED) is 0.341. The zero-order valence-corrected chi connectivity index (χ0v) is 21.2. The predicted molar refractivity (Wildman–Crippen MR) is 139 cm³/mol. The molecule has 0 aliphatic heterocycles. The van der Waals surface area contributed by atoms with Gasteiger partial charge < -0.3 is 10.2 Å². The number of aryl methyl sites for hydroxylation is 1. The fourth-order valence-corrected chi connectivity index (χ4v) is 3.80. The Kier molecular flexibility index (Phi) is 7.53. The molecule has 2 aromatic carbocycles. The standard InChI is InChI=1S/C27H32F3N5/c1-9-16(4)31-23-14-22-20(13-24(23)35(7)8)26(34-18(6)33-22)32-17(5)19-11-10-12-21(25(19)28)27(29,30)15(2)3/h9-15,17H,1H2,2-8H3,(H,32,33,34)/t17-/m1/s1. The van der Waals surface area contributed by atoms with Gasteiger partial charge in [0.2, 0.25) is 0 Å². The average Bonchev–Trinajstić information content (AvgIpc) is 2.78. The van der Waals surface area contributed by atoms with Crippen molar-refractivity contribution in [1.82, 2.24) is 9.97 Å². The van der Waals surface area contributed by atoms with Crippen molar-refractivity contribution in [1.29, 1.82) is 0 Å². The van der Waals surface area contributed by atoms with Gasteiger partial charge in [-0.2, -0.15) is 0 Å². The number of nitrogens with zero attached hydrogens (tertiary/aromatic N) is 4. The van der Waals surface area contributed by atoms with Crippen molar-refractivity contribution in [3.05, 3.63) is 65.8 Å². The Bertz CT molecular complexity index is 1280. The van der Waals surface area contributed by atoms with Gasteiger partial charge in [-0.25, -0.2) is 23.1 Å². The number of nitrogens with one attached hydrogen (secondary N) is 1. The van der Waals surface area contributed by atoms with Gasteiger partial charge in [-0.3, -0.25) is 4.99 Å². The minimum atomic E-state index is -3.28. The van der Waals surface area contributed by atoms with E-state index in [1.807, 2.05) is 38.1 Å². The van der Waals surface area contributed by atoms with Crippen molar-refractivity contribution < 1.29 is 13.2 Å². The molecular formula is C27H32F3N5. The summed E-state index contributed by atoms with van der Waals surface area (Å²) in [5.74, 6) is -4.22. The van der Waals surface area contributed by atoms with Crippen molar-refractivity contribution in [2.75, 3.05) is 24.3 Å². The molecule has 0 aliphatic rings. The molecule has 0 bridgehead atoms. The SMILES string of the molecule is C=CC(C)=Nc1cc2nc(C)nc(N[C@H](C)c3cccc(C(F)(F)C(C)C)c3F)c2cc1N(C)C. The Balaban J connectivity index is 2.11. The summed E-state index contributed by atoms with van der Waals surface area (Å²) in [4.78, 5) is 15.7. The summed E-state index contributed by atoms with van der Waals surface area (Å²) >= 11 is 0. The third kappa shape index (κ3) is 5.31. The van der Waals surface area contributed by atoms with Gasteiger partial charge >= 0.3 is 0 Å². The monoisotopic (exact) mass is 483 g/mol. The van der Waals surface area contributed by atoms with Crippen molar-refractivity contribution >= 4 is 33.8 Å². The maximum Gasteiger partial charge on any atom is 0.278 e. The van der Waals surface area contributed by atoms with E-state index in [0.717, 1.165) is 23.2 Å². The van der Waals surface area contributed by atoms with Gasteiger partial charge in [-0.1, -0.05) is 38.6 Å². The van der Waals surface area contributed by atoms with E-state index in [1.165, 1.54) is 26.0 Å². The number of alkyl halides is 2. The Morgan fingerprint density at radius 2 is 1.86 bits per heavy atom. The third-order valence-corrected chi connectivity index (χ3v) is 5.91. The molecule has 3 aromatic rings. The van der Waals surface area contributed by atoms with Crippen LogP contribution in [0.4, 0.5) is 30.4 Å². The minimum absolute atomic E-state index is 0.142. The molecule has 0 radical (unpaired) electrons. The fourth-order valence-electron chi connectivity index (χ4n) is 3.80. The highest BCUT2D eigenvalue weighted by Gasteiger charge is 2.39. The van der Waals surface area contributed by atoms with E-state index in [-0.39, 0.29) is 5.56 Å². The third-order valence-electron chi connectivity index (χ3n) is 5.91. The summed E-state index contributed by atoms with van der Waals surface area (Å²) in [5, 5.41) is 3.94. The molecule has 1 heterocycles. The number of hydrogen-bond acceptors (Lipinski definition) is 5. The van der Waals surface area contributed by atoms with E-state index < -0.39 is 29.3 Å². The Morgan fingerprint density at radius 1 is 1.17 bits per heavy atom. The number of aromatic nitrogens is 2. The van der Waals surface area contributed by atoms with E-state index in [9.17, 15) is 8.78 Å². The van der Waals surface area contributed by atoms with Crippen molar-refractivity contribution in [2.24, 2.45) is 10.9 Å². The maximum atomic E-state index is 15.3. The van der Waals surface area contributed by atoms with Crippen LogP contribution in [-0.2, 0) is 5.92 Å². The van der Waals surface area contributed by atoms with Crippen LogP contribution in [0, 0.1) is 18.7 Å². The predicted octanol–water partition coefficient (Wildman–Crippen LogP) is 7.34.